The summed E-state index contributed by atoms with van der Waals surface area (Å²) < 4.78 is 6.06. The first-order chi connectivity index (χ1) is 20.2. The fourth-order valence-corrected chi connectivity index (χ4v) is 5.07. The van der Waals surface area contributed by atoms with Crippen molar-refractivity contribution < 1.29 is 9.21 Å². The van der Waals surface area contributed by atoms with Crippen LogP contribution < -0.4 is 15.1 Å². The molecule has 0 aliphatic carbocycles. The Labute approximate surface area is 239 Å². The monoisotopic (exact) mass is 539 g/mol. The number of piperazine rings is 1. The first-order valence-corrected chi connectivity index (χ1v) is 13.7. The molecule has 41 heavy (non-hydrogen) atoms. The molecule has 1 aliphatic heterocycles. The van der Waals surface area contributed by atoms with Gasteiger partial charge in [0, 0.05) is 55.5 Å². The van der Waals surface area contributed by atoms with Gasteiger partial charge in [0.25, 0.3) is 5.91 Å². The molecule has 0 bridgehead atoms. The maximum atomic E-state index is 14.0. The number of benzene rings is 3. The molecule has 0 saturated carbocycles. The zero-order valence-electron chi connectivity index (χ0n) is 22.5. The summed E-state index contributed by atoms with van der Waals surface area (Å²) in [4.78, 5) is 22.2. The van der Waals surface area contributed by atoms with Crippen molar-refractivity contribution in [1.82, 2.24) is 10.3 Å². The van der Waals surface area contributed by atoms with E-state index >= 15 is 0 Å². The number of hydrogen-bond acceptors (Lipinski definition) is 6. The maximum absolute atomic E-state index is 14.0. The van der Waals surface area contributed by atoms with Gasteiger partial charge >= 0.3 is 0 Å². The number of anilines is 2. The van der Waals surface area contributed by atoms with Gasteiger partial charge in [-0.3, -0.25) is 9.78 Å². The molecule has 3 heterocycles. The van der Waals surface area contributed by atoms with Crippen LogP contribution in [0, 0.1) is 11.3 Å². The lowest BCUT2D eigenvalue weighted by atomic mass is 10.0. The van der Waals surface area contributed by atoms with Crippen LogP contribution in [0.3, 0.4) is 0 Å². The Kier molecular flexibility index (Phi) is 7.57. The second-order valence-corrected chi connectivity index (χ2v) is 9.93. The van der Waals surface area contributed by atoms with Crippen molar-refractivity contribution in [3.8, 4) is 28.5 Å². The first-order valence-electron chi connectivity index (χ1n) is 13.7. The number of rotatable bonds is 7. The van der Waals surface area contributed by atoms with E-state index in [1.807, 2.05) is 48.5 Å². The largest absolute Gasteiger partial charge is 0.451 e. The predicted octanol–water partition coefficient (Wildman–Crippen LogP) is 6.14. The fraction of sp³-hybridized carbons (Fsp3) is 0.147. The maximum Gasteiger partial charge on any atom is 0.294 e. The molecule has 1 amide bonds. The molecule has 1 N–H and O–H groups in total. The molecule has 202 valence electrons. The van der Waals surface area contributed by atoms with E-state index in [4.69, 9.17) is 9.68 Å². The van der Waals surface area contributed by atoms with Gasteiger partial charge in [0.15, 0.2) is 5.76 Å². The van der Waals surface area contributed by atoms with E-state index in [9.17, 15) is 4.79 Å². The molecular weight excluding hydrogens is 510 g/mol. The van der Waals surface area contributed by atoms with Crippen molar-refractivity contribution in [2.45, 2.75) is 6.54 Å². The molecule has 3 aromatic carbocycles. The molecule has 1 aliphatic rings. The number of hydrogen-bond donors (Lipinski definition) is 1. The van der Waals surface area contributed by atoms with Gasteiger partial charge in [-0.2, -0.15) is 5.26 Å². The number of nitrogens with zero attached hydrogens (tertiary/aromatic N) is 4. The Hall–Kier alpha value is -5.19. The van der Waals surface area contributed by atoms with Gasteiger partial charge < -0.3 is 19.5 Å². The molecule has 5 aromatic rings. The van der Waals surface area contributed by atoms with Crippen LogP contribution in [0.2, 0.25) is 0 Å². The highest BCUT2D eigenvalue weighted by Crippen LogP contribution is 2.29. The van der Waals surface area contributed by atoms with Gasteiger partial charge in [0.1, 0.15) is 5.76 Å². The number of carbonyl (C=O) groups is 1. The highest BCUT2D eigenvalue weighted by atomic mass is 16.4. The SMILES string of the molecule is N#Cc1ccc(-c2ccc(C(=O)N(Cc3cccc(-c4ccncc4)c3)c3ccc(N4CCNCC4)cc3)o2)cc1. The average Bonchev–Trinajstić information content (AvgIpc) is 3.55. The third-order valence-corrected chi connectivity index (χ3v) is 7.29. The lowest BCUT2D eigenvalue weighted by Crippen LogP contribution is -2.43. The standard InChI is InChI=1S/C34H29N5O2/c35-23-25-4-6-28(7-5-25)32-12-13-33(41-32)34(40)39(31-10-8-30(9-11-31)38-20-18-37-19-21-38)24-26-2-1-3-29(22-26)27-14-16-36-17-15-27/h1-17,22,37H,18-21,24H2. The van der Waals surface area contributed by atoms with E-state index in [0.717, 1.165) is 59.8 Å². The molecular formula is C34H29N5O2. The summed E-state index contributed by atoms with van der Waals surface area (Å²) in [6, 6.07) is 33.1. The third kappa shape index (κ3) is 5.88. The Balaban J connectivity index is 1.31. The molecule has 1 saturated heterocycles. The van der Waals surface area contributed by atoms with Crippen LogP contribution in [-0.2, 0) is 6.54 Å². The summed E-state index contributed by atoms with van der Waals surface area (Å²) in [5.41, 5.74) is 6.44. The van der Waals surface area contributed by atoms with Crippen molar-refractivity contribution in [2.75, 3.05) is 36.0 Å². The van der Waals surface area contributed by atoms with Crippen LogP contribution in [0.1, 0.15) is 21.7 Å². The van der Waals surface area contributed by atoms with Crippen LogP contribution in [0.15, 0.2) is 114 Å². The van der Waals surface area contributed by atoms with E-state index in [0.29, 0.717) is 17.9 Å². The molecule has 0 spiro atoms. The van der Waals surface area contributed by atoms with Gasteiger partial charge in [-0.05, 0) is 95.6 Å². The highest BCUT2D eigenvalue weighted by molar-refractivity contribution is 6.04. The van der Waals surface area contributed by atoms with E-state index < -0.39 is 0 Å². The molecule has 0 radical (unpaired) electrons. The summed E-state index contributed by atoms with van der Waals surface area (Å²) in [6.45, 7) is 4.20. The normalized spacial score (nSPS) is 13.0. The van der Waals surface area contributed by atoms with Crippen molar-refractivity contribution in [2.24, 2.45) is 0 Å². The Morgan fingerprint density at radius 1 is 0.878 bits per heavy atom. The molecule has 7 nitrogen and oxygen atoms in total. The smallest absolute Gasteiger partial charge is 0.294 e. The summed E-state index contributed by atoms with van der Waals surface area (Å²) in [5.74, 6) is 0.599. The first kappa shape index (κ1) is 26.1. The minimum Gasteiger partial charge on any atom is -0.451 e. The highest BCUT2D eigenvalue weighted by Gasteiger charge is 2.23. The summed E-state index contributed by atoms with van der Waals surface area (Å²) in [5, 5.41) is 12.5. The second-order valence-electron chi connectivity index (χ2n) is 9.93. The predicted molar refractivity (Wildman–Crippen MR) is 161 cm³/mol. The van der Waals surface area contributed by atoms with Gasteiger partial charge in [-0.1, -0.05) is 18.2 Å². The van der Waals surface area contributed by atoms with E-state index in [2.05, 4.69) is 45.5 Å². The van der Waals surface area contributed by atoms with E-state index in [1.54, 1.807) is 41.6 Å². The average molecular weight is 540 g/mol. The summed E-state index contributed by atoms with van der Waals surface area (Å²) in [7, 11) is 0. The van der Waals surface area contributed by atoms with Gasteiger partial charge in [-0.25, -0.2) is 0 Å². The minimum atomic E-state index is -0.228. The van der Waals surface area contributed by atoms with E-state index in [-0.39, 0.29) is 11.7 Å². The lowest BCUT2D eigenvalue weighted by Gasteiger charge is -2.30. The van der Waals surface area contributed by atoms with Crippen LogP contribution in [0.25, 0.3) is 22.5 Å². The number of pyridine rings is 1. The van der Waals surface area contributed by atoms with Crippen LogP contribution in [-0.4, -0.2) is 37.1 Å². The molecule has 2 aromatic heterocycles. The van der Waals surface area contributed by atoms with Crippen molar-refractivity contribution in [3.63, 3.8) is 0 Å². The molecule has 6 rings (SSSR count). The number of amides is 1. The van der Waals surface area contributed by atoms with Crippen LogP contribution >= 0.6 is 0 Å². The van der Waals surface area contributed by atoms with Gasteiger partial charge in [-0.15, -0.1) is 0 Å². The number of furan rings is 1. The Morgan fingerprint density at radius 3 is 2.37 bits per heavy atom. The summed E-state index contributed by atoms with van der Waals surface area (Å²) >= 11 is 0. The van der Waals surface area contributed by atoms with Crippen molar-refractivity contribution in [3.05, 3.63) is 126 Å². The van der Waals surface area contributed by atoms with Crippen molar-refractivity contribution in [1.29, 1.82) is 5.26 Å². The zero-order chi connectivity index (χ0) is 28.0. The van der Waals surface area contributed by atoms with Gasteiger partial charge in [0.2, 0.25) is 0 Å². The summed E-state index contributed by atoms with van der Waals surface area (Å²) in [6.07, 6.45) is 3.56. The van der Waals surface area contributed by atoms with Crippen molar-refractivity contribution >= 4 is 17.3 Å². The number of nitriles is 1. The molecule has 1 fully saturated rings. The fourth-order valence-electron chi connectivity index (χ4n) is 5.07. The number of nitrogens with one attached hydrogen (secondary N) is 1. The molecule has 0 unspecified atom stereocenters. The van der Waals surface area contributed by atoms with Crippen LogP contribution in [0.5, 0.6) is 0 Å². The van der Waals surface area contributed by atoms with Crippen LogP contribution in [0.4, 0.5) is 11.4 Å². The second kappa shape index (κ2) is 11.9. The van der Waals surface area contributed by atoms with Gasteiger partial charge in [0.05, 0.1) is 18.2 Å². The zero-order valence-corrected chi connectivity index (χ0v) is 22.5. The quantitative estimate of drug-likeness (QED) is 0.268. The molecule has 0 atom stereocenters. The number of carbonyl (C=O) groups excluding carboxylic acids is 1. The number of aromatic nitrogens is 1. The topological polar surface area (TPSA) is 85.4 Å². The minimum absolute atomic E-state index is 0.228. The third-order valence-electron chi connectivity index (χ3n) is 7.29. The Bertz CT molecular complexity index is 1670. The van der Waals surface area contributed by atoms with E-state index in [1.165, 1.54) is 0 Å². The molecule has 7 heteroatoms. The Morgan fingerprint density at radius 2 is 1.63 bits per heavy atom. The lowest BCUT2D eigenvalue weighted by molar-refractivity contribution is 0.0959.